The third kappa shape index (κ3) is 18.3. The Morgan fingerprint density at radius 3 is 1.22 bits per heavy atom. The summed E-state index contributed by atoms with van der Waals surface area (Å²) in [6.07, 6.45) is 15.9. The van der Waals surface area contributed by atoms with Crippen LogP contribution in [0.15, 0.2) is 0 Å². The second kappa shape index (κ2) is 13.3. The zero-order valence-corrected chi connectivity index (χ0v) is 13.3. The molecule has 0 atom stereocenters. The van der Waals surface area contributed by atoms with Crippen molar-refractivity contribution in [2.45, 2.75) is 77.6 Å². The molecule has 0 aliphatic heterocycles. The molecule has 0 amide bonds. The average molecular weight is 261 g/mol. The van der Waals surface area contributed by atoms with Crippen LogP contribution in [0, 0.1) is 0 Å². The maximum Gasteiger partial charge on any atom is 0.0780 e. The summed E-state index contributed by atoms with van der Waals surface area (Å²) < 4.78 is 1.12. The van der Waals surface area contributed by atoms with Crippen molar-refractivity contribution >= 4 is 0 Å². The van der Waals surface area contributed by atoms with Gasteiger partial charge in [0.15, 0.2) is 0 Å². The van der Waals surface area contributed by atoms with Gasteiger partial charge in [0.05, 0.1) is 27.7 Å². The number of quaternary nitrogens is 1. The SMILES string of the molecule is CCCCCCCCCCCCC[N+](C)(C)C.[F-]. The zero-order chi connectivity index (χ0) is 13.0. The summed E-state index contributed by atoms with van der Waals surface area (Å²) in [7, 11) is 6.86. The lowest BCUT2D eigenvalue weighted by Crippen LogP contribution is -3.00. The number of halogens is 1. The van der Waals surface area contributed by atoms with E-state index < -0.39 is 0 Å². The van der Waals surface area contributed by atoms with E-state index in [1.807, 2.05) is 0 Å². The number of rotatable bonds is 12. The number of hydrogen-bond acceptors (Lipinski definition) is 0. The van der Waals surface area contributed by atoms with Gasteiger partial charge in [-0.05, 0) is 12.8 Å². The lowest BCUT2D eigenvalue weighted by molar-refractivity contribution is -0.870. The molecule has 0 unspecified atom stereocenters. The van der Waals surface area contributed by atoms with Crippen LogP contribution in [-0.2, 0) is 0 Å². The Hall–Kier alpha value is -0.110. The minimum Gasteiger partial charge on any atom is -1.00 e. The molecule has 0 spiro atoms. The van der Waals surface area contributed by atoms with E-state index >= 15 is 0 Å². The fourth-order valence-electron chi connectivity index (χ4n) is 2.25. The largest absolute Gasteiger partial charge is 1.00 e. The lowest BCUT2D eigenvalue weighted by Gasteiger charge is -2.23. The van der Waals surface area contributed by atoms with E-state index in [4.69, 9.17) is 0 Å². The molecule has 0 aromatic rings. The van der Waals surface area contributed by atoms with E-state index in [1.165, 1.54) is 77.2 Å². The first-order chi connectivity index (χ1) is 8.06. The Labute approximate surface area is 115 Å². The van der Waals surface area contributed by atoms with Crippen LogP contribution in [0.2, 0.25) is 0 Å². The van der Waals surface area contributed by atoms with Crippen molar-refractivity contribution < 1.29 is 9.19 Å². The molecule has 0 N–H and O–H groups in total. The fraction of sp³-hybridized carbons (Fsp3) is 1.00. The van der Waals surface area contributed by atoms with Crippen LogP contribution in [0.25, 0.3) is 0 Å². The second-order valence-electron chi connectivity index (χ2n) is 6.55. The summed E-state index contributed by atoms with van der Waals surface area (Å²) >= 11 is 0. The van der Waals surface area contributed by atoms with Crippen LogP contribution in [0.1, 0.15) is 77.6 Å². The summed E-state index contributed by atoms with van der Waals surface area (Å²) in [6.45, 7) is 3.62. The smallest absolute Gasteiger partial charge is 0.0780 e. The van der Waals surface area contributed by atoms with Gasteiger partial charge in [-0.3, -0.25) is 0 Å². The lowest BCUT2D eigenvalue weighted by atomic mass is 10.1. The maximum absolute atomic E-state index is 2.29. The molecule has 0 fully saturated rings. The van der Waals surface area contributed by atoms with Crippen LogP contribution in [0.5, 0.6) is 0 Å². The Bertz CT molecular complexity index is 152. The van der Waals surface area contributed by atoms with Crippen LogP contribution in [0.4, 0.5) is 0 Å². The molecular weight excluding hydrogens is 225 g/mol. The first kappa shape index (κ1) is 20.2. The highest BCUT2D eigenvalue weighted by Crippen LogP contribution is 2.11. The summed E-state index contributed by atoms with van der Waals surface area (Å²) in [6, 6.07) is 0. The van der Waals surface area contributed by atoms with Crippen LogP contribution in [0.3, 0.4) is 0 Å². The molecule has 2 heteroatoms. The van der Waals surface area contributed by atoms with Crippen molar-refractivity contribution in [3.05, 3.63) is 0 Å². The molecule has 0 saturated carbocycles. The van der Waals surface area contributed by atoms with Gasteiger partial charge in [-0.2, -0.15) is 0 Å². The monoisotopic (exact) mass is 261 g/mol. The van der Waals surface area contributed by atoms with Crippen LogP contribution >= 0.6 is 0 Å². The maximum atomic E-state index is 2.29. The second-order valence-corrected chi connectivity index (χ2v) is 6.55. The Morgan fingerprint density at radius 1 is 0.556 bits per heavy atom. The van der Waals surface area contributed by atoms with E-state index in [-0.39, 0.29) is 4.70 Å². The van der Waals surface area contributed by atoms with Gasteiger partial charge in [-0.15, -0.1) is 0 Å². The third-order valence-electron chi connectivity index (χ3n) is 3.43. The summed E-state index contributed by atoms with van der Waals surface area (Å²) in [5.41, 5.74) is 0. The summed E-state index contributed by atoms with van der Waals surface area (Å²) in [5.74, 6) is 0. The molecule has 1 nitrogen and oxygen atoms in total. The molecule has 0 bridgehead atoms. The van der Waals surface area contributed by atoms with E-state index in [9.17, 15) is 0 Å². The Balaban J connectivity index is 0. The molecular formula is C16H36FN. The highest BCUT2D eigenvalue weighted by Gasteiger charge is 2.04. The average Bonchev–Trinajstić information content (AvgIpc) is 2.24. The highest BCUT2D eigenvalue weighted by molar-refractivity contribution is 4.47. The van der Waals surface area contributed by atoms with E-state index in [0.717, 1.165) is 4.48 Å². The normalized spacial score (nSPS) is 11.3. The molecule has 0 saturated heterocycles. The third-order valence-corrected chi connectivity index (χ3v) is 3.43. The molecule has 0 aromatic carbocycles. The van der Waals surface area contributed by atoms with Gasteiger partial charge in [0.25, 0.3) is 0 Å². The molecule has 0 aliphatic rings. The molecule has 0 aliphatic carbocycles. The first-order valence-electron chi connectivity index (χ1n) is 7.86. The van der Waals surface area contributed by atoms with Crippen molar-refractivity contribution in [2.75, 3.05) is 27.7 Å². The number of hydrogen-bond donors (Lipinski definition) is 0. The van der Waals surface area contributed by atoms with Gasteiger partial charge in [-0.1, -0.05) is 64.7 Å². The zero-order valence-electron chi connectivity index (χ0n) is 13.3. The minimum atomic E-state index is 0. The topological polar surface area (TPSA) is 0 Å². The molecule has 18 heavy (non-hydrogen) atoms. The van der Waals surface area contributed by atoms with E-state index in [1.54, 1.807) is 0 Å². The molecule has 0 radical (unpaired) electrons. The highest BCUT2D eigenvalue weighted by atomic mass is 19.0. The van der Waals surface area contributed by atoms with Crippen molar-refractivity contribution in [1.29, 1.82) is 0 Å². The van der Waals surface area contributed by atoms with Crippen molar-refractivity contribution in [3.8, 4) is 0 Å². The fourth-order valence-corrected chi connectivity index (χ4v) is 2.25. The molecule has 0 heterocycles. The van der Waals surface area contributed by atoms with Gasteiger partial charge in [0.1, 0.15) is 0 Å². The summed E-state index contributed by atoms with van der Waals surface area (Å²) in [4.78, 5) is 0. The molecule has 0 aromatic heterocycles. The van der Waals surface area contributed by atoms with E-state index in [0.29, 0.717) is 0 Å². The predicted octanol–water partition coefficient (Wildman–Crippen LogP) is 2.01. The molecule has 0 rings (SSSR count). The minimum absolute atomic E-state index is 0. The van der Waals surface area contributed by atoms with Gasteiger partial charge < -0.3 is 9.19 Å². The summed E-state index contributed by atoms with van der Waals surface area (Å²) in [5, 5.41) is 0. The van der Waals surface area contributed by atoms with Crippen LogP contribution < -0.4 is 4.70 Å². The molecule has 112 valence electrons. The quantitative estimate of drug-likeness (QED) is 0.372. The van der Waals surface area contributed by atoms with Gasteiger partial charge in [0.2, 0.25) is 0 Å². The Kier molecular flexibility index (Phi) is 15.0. The predicted molar refractivity (Wildman–Crippen MR) is 79.4 cm³/mol. The number of nitrogens with zero attached hydrogens (tertiary/aromatic N) is 1. The van der Waals surface area contributed by atoms with Crippen molar-refractivity contribution in [3.63, 3.8) is 0 Å². The van der Waals surface area contributed by atoms with Crippen molar-refractivity contribution in [2.24, 2.45) is 0 Å². The standard InChI is InChI=1S/C16H36N.FH/c1-5-6-7-8-9-10-11-12-13-14-15-16-17(2,3)4;/h5-16H2,1-4H3;1H/q+1;/p-1. The Morgan fingerprint density at radius 2 is 0.889 bits per heavy atom. The van der Waals surface area contributed by atoms with Crippen molar-refractivity contribution in [1.82, 2.24) is 0 Å². The van der Waals surface area contributed by atoms with Gasteiger partial charge in [0, 0.05) is 0 Å². The van der Waals surface area contributed by atoms with Gasteiger partial charge in [-0.25, -0.2) is 0 Å². The van der Waals surface area contributed by atoms with Gasteiger partial charge >= 0.3 is 0 Å². The number of unbranched alkanes of at least 4 members (excludes halogenated alkanes) is 10. The van der Waals surface area contributed by atoms with Crippen LogP contribution in [-0.4, -0.2) is 32.2 Å². The van der Waals surface area contributed by atoms with E-state index in [2.05, 4.69) is 28.1 Å². The first-order valence-corrected chi connectivity index (χ1v) is 7.86.